The van der Waals surface area contributed by atoms with Crippen LogP contribution in [-0.2, 0) is 18.0 Å². The number of ether oxygens (including phenoxy) is 1. The summed E-state index contributed by atoms with van der Waals surface area (Å²) < 4.78 is 48.1. The van der Waals surface area contributed by atoms with Gasteiger partial charge in [0, 0.05) is 25.1 Å². The summed E-state index contributed by atoms with van der Waals surface area (Å²) >= 11 is 0. The molecule has 0 spiro atoms. The molecule has 0 unspecified atom stereocenters. The first-order valence-electron chi connectivity index (χ1n) is 9.58. The zero-order valence-electron chi connectivity index (χ0n) is 17.4. The monoisotopic (exact) mass is 444 g/mol. The smallest absolute Gasteiger partial charge is 0.416 e. The number of rotatable bonds is 5. The van der Waals surface area contributed by atoms with Gasteiger partial charge < -0.3 is 10.1 Å². The van der Waals surface area contributed by atoms with Crippen LogP contribution in [0.2, 0.25) is 0 Å². The third-order valence-corrected chi connectivity index (χ3v) is 4.78. The lowest BCUT2D eigenvalue weighted by atomic mass is 10.1. The molecule has 3 aromatic heterocycles. The molecule has 4 aromatic rings. The van der Waals surface area contributed by atoms with Crippen molar-refractivity contribution in [2.45, 2.75) is 20.0 Å². The second-order valence-corrected chi connectivity index (χ2v) is 7.23. The Bertz CT molecular complexity index is 1300. The van der Waals surface area contributed by atoms with E-state index >= 15 is 0 Å². The second-order valence-electron chi connectivity index (χ2n) is 7.23. The summed E-state index contributed by atoms with van der Waals surface area (Å²) in [4.78, 5) is 17.0. The summed E-state index contributed by atoms with van der Waals surface area (Å²) in [6.07, 6.45) is -1.52. The highest BCUT2D eigenvalue weighted by Gasteiger charge is 2.31. The van der Waals surface area contributed by atoms with Crippen LogP contribution in [0.3, 0.4) is 0 Å². The Balaban J connectivity index is 1.58. The van der Waals surface area contributed by atoms with Gasteiger partial charge in [0.1, 0.15) is 0 Å². The van der Waals surface area contributed by atoms with Crippen LogP contribution in [0.15, 0.2) is 42.7 Å². The number of hydrogen-bond donors (Lipinski definition) is 1. The number of nitrogens with one attached hydrogen (secondary N) is 1. The predicted octanol–water partition coefficient (Wildman–Crippen LogP) is 3.81. The van der Waals surface area contributed by atoms with Crippen molar-refractivity contribution in [1.29, 1.82) is 0 Å². The molecule has 0 atom stereocenters. The molecular weight excluding hydrogens is 425 g/mol. The Labute approximate surface area is 180 Å². The number of anilines is 1. The third kappa shape index (κ3) is 4.13. The largest absolute Gasteiger partial charge is 0.466 e. The van der Waals surface area contributed by atoms with Gasteiger partial charge in [0.25, 0.3) is 5.91 Å². The quantitative estimate of drug-likeness (QED) is 0.506. The van der Waals surface area contributed by atoms with E-state index in [9.17, 15) is 18.0 Å². The maximum atomic E-state index is 13.2. The third-order valence-electron chi connectivity index (χ3n) is 4.78. The number of carbonyl (C=O) groups excluding carboxylic acids is 1. The van der Waals surface area contributed by atoms with Gasteiger partial charge in [-0.25, -0.2) is 14.3 Å². The lowest BCUT2D eigenvalue weighted by molar-refractivity contribution is -0.137. The van der Waals surface area contributed by atoms with E-state index in [4.69, 9.17) is 4.74 Å². The predicted molar refractivity (Wildman–Crippen MR) is 111 cm³/mol. The highest BCUT2D eigenvalue weighted by molar-refractivity contribution is 5.94. The molecule has 0 aliphatic rings. The first-order chi connectivity index (χ1) is 15.1. The molecular formula is C21H19F3N6O2. The normalized spacial score (nSPS) is 11.7. The molecule has 32 heavy (non-hydrogen) atoms. The van der Waals surface area contributed by atoms with Gasteiger partial charge in [-0.2, -0.15) is 18.3 Å². The van der Waals surface area contributed by atoms with E-state index in [1.807, 2.05) is 19.9 Å². The van der Waals surface area contributed by atoms with Gasteiger partial charge in [-0.3, -0.25) is 4.79 Å². The van der Waals surface area contributed by atoms with E-state index in [1.165, 1.54) is 16.9 Å². The first-order valence-corrected chi connectivity index (χ1v) is 9.58. The number of hydrogen-bond acceptors (Lipinski definition) is 5. The molecule has 0 saturated heterocycles. The number of benzene rings is 1. The van der Waals surface area contributed by atoms with Crippen LogP contribution in [0.5, 0.6) is 5.88 Å². The van der Waals surface area contributed by atoms with E-state index in [1.54, 1.807) is 24.0 Å². The van der Waals surface area contributed by atoms with Crippen LogP contribution in [0, 0.1) is 13.8 Å². The van der Waals surface area contributed by atoms with E-state index in [-0.39, 0.29) is 17.3 Å². The zero-order chi connectivity index (χ0) is 23.0. The molecule has 0 aliphatic heterocycles. The number of amides is 1. The number of aromatic nitrogens is 5. The number of aryl methyl sites for hydroxylation is 3. The van der Waals surface area contributed by atoms with Gasteiger partial charge >= 0.3 is 6.18 Å². The molecule has 0 bridgehead atoms. The molecule has 0 saturated carbocycles. The standard InChI is InChI=1S/C21H19F3N6O2/c1-12-9-13(2)26-19-18(12)20(28-29(19)3)32-11-17(31)27-15-10-14(21(22,23)24)5-6-16(15)30-8-4-7-25-30/h4-10H,11H2,1-3H3,(H,27,31). The Morgan fingerprint density at radius 1 is 1.22 bits per heavy atom. The van der Waals surface area contributed by atoms with Gasteiger partial charge in [0.2, 0.25) is 5.88 Å². The highest BCUT2D eigenvalue weighted by Crippen LogP contribution is 2.33. The summed E-state index contributed by atoms with van der Waals surface area (Å²) in [5.74, 6) is -0.423. The fraction of sp³-hybridized carbons (Fsp3) is 0.238. The van der Waals surface area contributed by atoms with Gasteiger partial charge in [-0.15, -0.1) is 5.10 Å². The average Bonchev–Trinajstić information content (AvgIpc) is 3.34. The molecule has 166 valence electrons. The van der Waals surface area contributed by atoms with E-state index in [0.717, 1.165) is 23.4 Å². The average molecular weight is 444 g/mol. The van der Waals surface area contributed by atoms with Crippen molar-refractivity contribution in [3.63, 3.8) is 0 Å². The minimum absolute atomic E-state index is 0.0449. The summed E-state index contributed by atoms with van der Waals surface area (Å²) in [6, 6.07) is 6.53. The molecule has 0 aliphatic carbocycles. The molecule has 11 heteroatoms. The number of fused-ring (bicyclic) bond motifs is 1. The van der Waals surface area contributed by atoms with Crippen LogP contribution >= 0.6 is 0 Å². The maximum absolute atomic E-state index is 13.2. The number of halogens is 3. The Kier molecular flexibility index (Phi) is 5.33. The number of carbonyl (C=O) groups is 1. The van der Waals surface area contributed by atoms with Gasteiger partial charge in [0.15, 0.2) is 12.3 Å². The number of pyridine rings is 1. The fourth-order valence-electron chi connectivity index (χ4n) is 3.39. The van der Waals surface area contributed by atoms with E-state index < -0.39 is 24.3 Å². The van der Waals surface area contributed by atoms with E-state index in [2.05, 4.69) is 20.5 Å². The van der Waals surface area contributed by atoms with Crippen molar-refractivity contribution in [2.24, 2.45) is 7.05 Å². The fourth-order valence-corrected chi connectivity index (χ4v) is 3.39. The Morgan fingerprint density at radius 2 is 2.00 bits per heavy atom. The van der Waals surface area contributed by atoms with Crippen molar-refractivity contribution in [3.05, 3.63) is 59.5 Å². The minimum atomic E-state index is -4.56. The Morgan fingerprint density at radius 3 is 2.69 bits per heavy atom. The molecule has 0 fully saturated rings. The second kappa shape index (κ2) is 7.98. The maximum Gasteiger partial charge on any atom is 0.416 e. The lowest BCUT2D eigenvalue weighted by Gasteiger charge is -2.14. The summed E-state index contributed by atoms with van der Waals surface area (Å²) in [7, 11) is 1.71. The molecule has 3 heterocycles. The van der Waals surface area contributed by atoms with Crippen LogP contribution in [-0.4, -0.2) is 37.1 Å². The van der Waals surface area contributed by atoms with Gasteiger partial charge in [0.05, 0.1) is 22.3 Å². The number of nitrogens with zero attached hydrogens (tertiary/aromatic N) is 5. The van der Waals surface area contributed by atoms with Crippen molar-refractivity contribution in [1.82, 2.24) is 24.5 Å². The lowest BCUT2D eigenvalue weighted by Crippen LogP contribution is -2.22. The van der Waals surface area contributed by atoms with Gasteiger partial charge in [-0.1, -0.05) is 0 Å². The van der Waals surface area contributed by atoms with Crippen molar-refractivity contribution in [3.8, 4) is 11.6 Å². The summed E-state index contributed by atoms with van der Waals surface area (Å²) in [5.41, 5.74) is 1.66. The Hall–Kier alpha value is -3.89. The molecule has 4 rings (SSSR count). The molecule has 1 N–H and O–H groups in total. The topological polar surface area (TPSA) is 86.9 Å². The van der Waals surface area contributed by atoms with Crippen molar-refractivity contribution in [2.75, 3.05) is 11.9 Å². The van der Waals surface area contributed by atoms with Crippen LogP contribution in [0.4, 0.5) is 18.9 Å². The van der Waals surface area contributed by atoms with Crippen LogP contribution in [0.1, 0.15) is 16.8 Å². The highest BCUT2D eigenvalue weighted by atomic mass is 19.4. The minimum Gasteiger partial charge on any atom is -0.466 e. The van der Waals surface area contributed by atoms with Crippen LogP contribution < -0.4 is 10.1 Å². The van der Waals surface area contributed by atoms with Crippen LogP contribution in [0.25, 0.3) is 16.7 Å². The molecule has 1 aromatic carbocycles. The summed E-state index contributed by atoms with van der Waals surface area (Å²) in [6.45, 7) is 3.29. The van der Waals surface area contributed by atoms with Crippen molar-refractivity contribution < 1.29 is 22.7 Å². The summed E-state index contributed by atoms with van der Waals surface area (Å²) in [5, 5.41) is 11.4. The number of alkyl halides is 3. The molecule has 0 radical (unpaired) electrons. The SMILES string of the molecule is Cc1cc(C)c2c(OCC(=O)Nc3cc(C(F)(F)F)ccc3-n3cccn3)nn(C)c2n1. The molecule has 1 amide bonds. The van der Waals surface area contributed by atoms with Gasteiger partial charge in [-0.05, 0) is 49.7 Å². The van der Waals surface area contributed by atoms with Crippen molar-refractivity contribution >= 4 is 22.6 Å². The molecule has 8 nitrogen and oxygen atoms in total. The first kappa shape index (κ1) is 21.3. The zero-order valence-corrected chi connectivity index (χ0v) is 17.4. The van der Waals surface area contributed by atoms with E-state index in [0.29, 0.717) is 11.0 Å².